The van der Waals surface area contributed by atoms with Gasteiger partial charge in [0, 0.05) is 19.7 Å². The maximum atomic E-state index is 9.08. The molecule has 0 aliphatic carbocycles. The standard InChI is InChI=1S/C14H23NO/c1-4-13(10-16)8-15-9-14-7-11(2)5-6-12(14)3/h5-7,13,15-16H,4,8-10H2,1-3H3. The monoisotopic (exact) mass is 221 g/mol. The second-order valence-electron chi connectivity index (χ2n) is 4.52. The van der Waals surface area contributed by atoms with Crippen LogP contribution in [0.2, 0.25) is 0 Å². The number of aliphatic hydroxyl groups is 1. The van der Waals surface area contributed by atoms with Crippen molar-refractivity contribution in [3.63, 3.8) is 0 Å². The predicted molar refractivity (Wildman–Crippen MR) is 68.5 cm³/mol. The molecule has 0 bridgehead atoms. The van der Waals surface area contributed by atoms with E-state index in [9.17, 15) is 0 Å². The van der Waals surface area contributed by atoms with Gasteiger partial charge in [0.2, 0.25) is 0 Å². The van der Waals surface area contributed by atoms with Crippen LogP contribution in [0, 0.1) is 19.8 Å². The molecule has 16 heavy (non-hydrogen) atoms. The maximum Gasteiger partial charge on any atom is 0.0471 e. The van der Waals surface area contributed by atoms with Crippen LogP contribution in [0.15, 0.2) is 18.2 Å². The van der Waals surface area contributed by atoms with Gasteiger partial charge in [-0.3, -0.25) is 0 Å². The van der Waals surface area contributed by atoms with E-state index in [1.54, 1.807) is 0 Å². The topological polar surface area (TPSA) is 32.3 Å². The number of hydrogen-bond acceptors (Lipinski definition) is 2. The minimum Gasteiger partial charge on any atom is -0.396 e. The molecule has 90 valence electrons. The second kappa shape index (κ2) is 6.66. The lowest BCUT2D eigenvalue weighted by atomic mass is 10.0. The van der Waals surface area contributed by atoms with Crippen LogP contribution in [-0.4, -0.2) is 18.3 Å². The van der Waals surface area contributed by atoms with Gasteiger partial charge in [-0.1, -0.05) is 30.7 Å². The van der Waals surface area contributed by atoms with Gasteiger partial charge in [-0.2, -0.15) is 0 Å². The summed E-state index contributed by atoms with van der Waals surface area (Å²) in [6, 6.07) is 6.53. The number of hydrogen-bond donors (Lipinski definition) is 2. The quantitative estimate of drug-likeness (QED) is 0.773. The lowest BCUT2D eigenvalue weighted by Gasteiger charge is -2.14. The highest BCUT2D eigenvalue weighted by Gasteiger charge is 2.04. The molecular weight excluding hydrogens is 198 g/mol. The van der Waals surface area contributed by atoms with Crippen molar-refractivity contribution in [2.45, 2.75) is 33.7 Å². The Morgan fingerprint density at radius 3 is 2.69 bits per heavy atom. The Bertz CT molecular complexity index is 319. The van der Waals surface area contributed by atoms with E-state index in [0.717, 1.165) is 19.5 Å². The first-order chi connectivity index (χ1) is 7.67. The van der Waals surface area contributed by atoms with Crippen LogP contribution < -0.4 is 5.32 Å². The summed E-state index contributed by atoms with van der Waals surface area (Å²) in [7, 11) is 0. The van der Waals surface area contributed by atoms with Crippen LogP contribution in [0.3, 0.4) is 0 Å². The van der Waals surface area contributed by atoms with Gasteiger partial charge in [-0.05, 0) is 37.3 Å². The fourth-order valence-electron chi connectivity index (χ4n) is 1.74. The largest absolute Gasteiger partial charge is 0.396 e. The van der Waals surface area contributed by atoms with Crippen molar-refractivity contribution in [1.29, 1.82) is 0 Å². The van der Waals surface area contributed by atoms with Gasteiger partial charge in [-0.25, -0.2) is 0 Å². The molecule has 0 aliphatic rings. The smallest absolute Gasteiger partial charge is 0.0471 e. The van der Waals surface area contributed by atoms with Crippen LogP contribution in [0.4, 0.5) is 0 Å². The van der Waals surface area contributed by atoms with E-state index >= 15 is 0 Å². The van der Waals surface area contributed by atoms with Gasteiger partial charge in [-0.15, -0.1) is 0 Å². The molecule has 2 heteroatoms. The first kappa shape index (κ1) is 13.2. The summed E-state index contributed by atoms with van der Waals surface area (Å²) >= 11 is 0. The lowest BCUT2D eigenvalue weighted by Crippen LogP contribution is -2.24. The summed E-state index contributed by atoms with van der Waals surface area (Å²) in [6.45, 7) is 8.42. The highest BCUT2D eigenvalue weighted by molar-refractivity contribution is 5.30. The number of aliphatic hydroxyl groups excluding tert-OH is 1. The normalized spacial score (nSPS) is 12.8. The van der Waals surface area contributed by atoms with Gasteiger partial charge < -0.3 is 10.4 Å². The third-order valence-corrected chi connectivity index (χ3v) is 3.09. The Balaban J connectivity index is 2.45. The van der Waals surface area contributed by atoms with E-state index in [1.165, 1.54) is 16.7 Å². The molecule has 1 atom stereocenters. The Kier molecular flexibility index (Phi) is 5.50. The van der Waals surface area contributed by atoms with Gasteiger partial charge in [0.05, 0.1) is 0 Å². The first-order valence-electron chi connectivity index (χ1n) is 6.05. The Morgan fingerprint density at radius 2 is 2.06 bits per heavy atom. The summed E-state index contributed by atoms with van der Waals surface area (Å²) in [5.41, 5.74) is 3.99. The summed E-state index contributed by atoms with van der Waals surface area (Å²) in [6.07, 6.45) is 1.02. The fraction of sp³-hybridized carbons (Fsp3) is 0.571. The number of rotatable bonds is 6. The van der Waals surface area contributed by atoms with Crippen LogP contribution in [-0.2, 0) is 6.54 Å². The maximum absolute atomic E-state index is 9.08. The van der Waals surface area contributed by atoms with Crippen molar-refractivity contribution in [2.24, 2.45) is 5.92 Å². The average Bonchev–Trinajstić information content (AvgIpc) is 2.29. The van der Waals surface area contributed by atoms with E-state index in [2.05, 4.69) is 44.3 Å². The Morgan fingerprint density at radius 1 is 1.31 bits per heavy atom. The lowest BCUT2D eigenvalue weighted by molar-refractivity contribution is 0.218. The number of aryl methyl sites for hydroxylation is 2. The summed E-state index contributed by atoms with van der Waals surface area (Å²) < 4.78 is 0. The number of benzene rings is 1. The molecule has 0 fully saturated rings. The molecule has 0 heterocycles. The Labute approximate surface area is 98.7 Å². The molecule has 2 nitrogen and oxygen atoms in total. The predicted octanol–water partition coefficient (Wildman–Crippen LogP) is 2.41. The Hall–Kier alpha value is -0.860. The molecule has 0 amide bonds. The molecular formula is C14H23NO. The summed E-state index contributed by atoms with van der Waals surface area (Å²) in [5.74, 6) is 0.380. The molecule has 1 unspecified atom stereocenters. The molecule has 1 aromatic rings. The van der Waals surface area contributed by atoms with Gasteiger partial charge in [0.15, 0.2) is 0 Å². The van der Waals surface area contributed by atoms with Gasteiger partial charge in [0.1, 0.15) is 0 Å². The summed E-state index contributed by atoms with van der Waals surface area (Å²) in [4.78, 5) is 0. The summed E-state index contributed by atoms with van der Waals surface area (Å²) in [5, 5.41) is 12.5. The third kappa shape index (κ3) is 3.95. The molecule has 1 rings (SSSR count). The molecule has 0 radical (unpaired) electrons. The zero-order valence-corrected chi connectivity index (χ0v) is 10.6. The minimum absolute atomic E-state index is 0.274. The minimum atomic E-state index is 0.274. The highest BCUT2D eigenvalue weighted by atomic mass is 16.3. The average molecular weight is 221 g/mol. The highest BCUT2D eigenvalue weighted by Crippen LogP contribution is 2.10. The third-order valence-electron chi connectivity index (χ3n) is 3.09. The fourth-order valence-corrected chi connectivity index (χ4v) is 1.74. The van der Waals surface area contributed by atoms with Crippen LogP contribution >= 0.6 is 0 Å². The van der Waals surface area contributed by atoms with Crippen molar-refractivity contribution in [2.75, 3.05) is 13.2 Å². The first-order valence-corrected chi connectivity index (χ1v) is 6.05. The molecule has 2 N–H and O–H groups in total. The zero-order valence-electron chi connectivity index (χ0n) is 10.6. The van der Waals surface area contributed by atoms with E-state index in [0.29, 0.717) is 5.92 Å². The van der Waals surface area contributed by atoms with Crippen LogP contribution in [0.5, 0.6) is 0 Å². The zero-order chi connectivity index (χ0) is 12.0. The molecule has 0 saturated carbocycles. The van der Waals surface area contributed by atoms with Crippen molar-refractivity contribution in [3.05, 3.63) is 34.9 Å². The molecule has 0 aromatic heterocycles. The van der Waals surface area contributed by atoms with Crippen molar-refractivity contribution < 1.29 is 5.11 Å². The van der Waals surface area contributed by atoms with Gasteiger partial charge >= 0.3 is 0 Å². The second-order valence-corrected chi connectivity index (χ2v) is 4.52. The van der Waals surface area contributed by atoms with Gasteiger partial charge in [0.25, 0.3) is 0 Å². The number of nitrogens with one attached hydrogen (secondary N) is 1. The molecule has 0 aliphatic heterocycles. The van der Waals surface area contributed by atoms with E-state index < -0.39 is 0 Å². The van der Waals surface area contributed by atoms with Crippen LogP contribution in [0.1, 0.15) is 30.0 Å². The molecule has 0 spiro atoms. The van der Waals surface area contributed by atoms with Crippen molar-refractivity contribution in [3.8, 4) is 0 Å². The van der Waals surface area contributed by atoms with Crippen LogP contribution in [0.25, 0.3) is 0 Å². The van der Waals surface area contributed by atoms with E-state index in [1.807, 2.05) is 0 Å². The van der Waals surface area contributed by atoms with Crippen molar-refractivity contribution >= 4 is 0 Å². The SMILES string of the molecule is CCC(CO)CNCc1cc(C)ccc1C. The van der Waals surface area contributed by atoms with E-state index in [-0.39, 0.29) is 6.61 Å². The molecule has 0 saturated heterocycles. The van der Waals surface area contributed by atoms with E-state index in [4.69, 9.17) is 5.11 Å². The molecule has 1 aromatic carbocycles. The van der Waals surface area contributed by atoms with Crippen molar-refractivity contribution in [1.82, 2.24) is 5.32 Å².